The van der Waals surface area contributed by atoms with Crippen LogP contribution in [0.4, 0.5) is 5.00 Å². The van der Waals surface area contributed by atoms with E-state index in [4.69, 9.17) is 0 Å². The molecule has 2 aromatic heterocycles. The van der Waals surface area contributed by atoms with Gasteiger partial charge in [-0.25, -0.2) is 4.98 Å². The lowest BCUT2D eigenvalue weighted by molar-refractivity contribution is 0.0781. The van der Waals surface area contributed by atoms with Gasteiger partial charge >= 0.3 is 0 Å². The Morgan fingerprint density at radius 1 is 1.58 bits per heavy atom. The summed E-state index contributed by atoms with van der Waals surface area (Å²) in [5.41, 5.74) is 1.40. The van der Waals surface area contributed by atoms with Crippen molar-refractivity contribution in [1.29, 1.82) is 0 Å². The Bertz CT molecular complexity index is 589. The van der Waals surface area contributed by atoms with E-state index in [2.05, 4.69) is 14.7 Å². The second-order valence-electron chi connectivity index (χ2n) is 4.34. The van der Waals surface area contributed by atoms with Gasteiger partial charge in [-0.05, 0) is 18.5 Å². The summed E-state index contributed by atoms with van der Waals surface area (Å²) >= 11 is 1.30. The van der Waals surface area contributed by atoms with E-state index in [-0.39, 0.29) is 5.91 Å². The molecule has 19 heavy (non-hydrogen) atoms. The largest absolute Gasteiger partial charge is 0.378 e. The van der Waals surface area contributed by atoms with Crippen molar-refractivity contribution in [3.63, 3.8) is 0 Å². The van der Waals surface area contributed by atoms with Gasteiger partial charge in [0.2, 0.25) is 0 Å². The molecule has 0 aromatic carbocycles. The smallest absolute Gasteiger partial charge is 0.258 e. The second-order valence-corrected chi connectivity index (χ2v) is 5.11. The van der Waals surface area contributed by atoms with E-state index < -0.39 is 0 Å². The van der Waals surface area contributed by atoms with Crippen molar-refractivity contribution in [2.45, 2.75) is 13.5 Å². The average molecular weight is 279 g/mol. The fraction of sp³-hybridized carbons (Fsp3) is 0.417. The average Bonchev–Trinajstić information content (AvgIpc) is 2.95. The molecular weight excluding hydrogens is 262 g/mol. The highest BCUT2D eigenvalue weighted by Gasteiger charge is 2.21. The number of nitrogens with one attached hydrogen (secondary N) is 1. The molecule has 1 N–H and O–H groups in total. The Morgan fingerprint density at radius 3 is 2.89 bits per heavy atom. The summed E-state index contributed by atoms with van der Waals surface area (Å²) < 4.78 is 6.12. The number of imidazole rings is 1. The van der Waals surface area contributed by atoms with Crippen molar-refractivity contribution in [3.8, 4) is 0 Å². The van der Waals surface area contributed by atoms with Crippen LogP contribution in [0.15, 0.2) is 12.4 Å². The summed E-state index contributed by atoms with van der Waals surface area (Å²) in [5.74, 6) is 0.807. The number of nitrogens with zero attached hydrogens (tertiary/aromatic N) is 4. The Balaban J connectivity index is 2.19. The predicted molar refractivity (Wildman–Crippen MR) is 75.4 cm³/mol. The van der Waals surface area contributed by atoms with Gasteiger partial charge in [0, 0.05) is 33.5 Å². The van der Waals surface area contributed by atoms with Gasteiger partial charge in [0.25, 0.3) is 5.91 Å². The molecule has 2 heterocycles. The van der Waals surface area contributed by atoms with Crippen LogP contribution in [0.1, 0.15) is 21.9 Å². The first-order chi connectivity index (χ1) is 9.04. The topological polar surface area (TPSA) is 63.1 Å². The number of aromatic nitrogens is 3. The number of amides is 1. The highest BCUT2D eigenvalue weighted by molar-refractivity contribution is 7.10. The van der Waals surface area contributed by atoms with Gasteiger partial charge in [-0.15, -0.1) is 0 Å². The van der Waals surface area contributed by atoms with Crippen LogP contribution in [0, 0.1) is 6.92 Å². The number of aryl methyl sites for hydroxylation is 2. The summed E-state index contributed by atoms with van der Waals surface area (Å²) in [4.78, 5) is 18.3. The van der Waals surface area contributed by atoms with E-state index in [0.717, 1.165) is 16.5 Å². The first-order valence-corrected chi connectivity index (χ1v) is 6.67. The monoisotopic (exact) mass is 279 g/mol. The molecule has 0 fully saturated rings. The molecule has 0 atom stereocenters. The van der Waals surface area contributed by atoms with E-state index in [1.807, 2.05) is 24.7 Å². The summed E-state index contributed by atoms with van der Waals surface area (Å²) in [5, 5.41) is 3.81. The fourth-order valence-electron chi connectivity index (χ4n) is 1.82. The lowest BCUT2D eigenvalue weighted by atomic mass is 10.2. The minimum absolute atomic E-state index is 0.0430. The number of rotatable bonds is 4. The Labute approximate surface area is 116 Å². The van der Waals surface area contributed by atoms with Crippen LogP contribution in [-0.2, 0) is 13.6 Å². The van der Waals surface area contributed by atoms with Crippen molar-refractivity contribution in [2.24, 2.45) is 7.05 Å². The Morgan fingerprint density at radius 2 is 2.32 bits per heavy atom. The van der Waals surface area contributed by atoms with Gasteiger partial charge in [-0.3, -0.25) is 4.79 Å². The number of anilines is 1. The van der Waals surface area contributed by atoms with Gasteiger partial charge < -0.3 is 14.8 Å². The van der Waals surface area contributed by atoms with Crippen LogP contribution in [-0.4, -0.2) is 38.8 Å². The molecule has 7 heteroatoms. The lowest BCUT2D eigenvalue weighted by Gasteiger charge is -2.17. The molecule has 0 spiro atoms. The van der Waals surface area contributed by atoms with Crippen LogP contribution in [0.2, 0.25) is 0 Å². The second kappa shape index (κ2) is 5.40. The van der Waals surface area contributed by atoms with E-state index in [1.54, 1.807) is 25.2 Å². The summed E-state index contributed by atoms with van der Waals surface area (Å²) in [6.07, 6.45) is 3.59. The molecule has 0 saturated carbocycles. The molecule has 0 bridgehead atoms. The van der Waals surface area contributed by atoms with E-state index >= 15 is 0 Å². The highest BCUT2D eigenvalue weighted by Crippen LogP contribution is 2.25. The zero-order valence-corrected chi connectivity index (χ0v) is 12.3. The maximum absolute atomic E-state index is 12.5. The van der Waals surface area contributed by atoms with Crippen LogP contribution >= 0.6 is 11.5 Å². The van der Waals surface area contributed by atoms with Crippen molar-refractivity contribution >= 4 is 22.4 Å². The molecule has 0 aliphatic heterocycles. The van der Waals surface area contributed by atoms with E-state index in [1.165, 1.54) is 11.5 Å². The predicted octanol–water partition coefficient (Wildman–Crippen LogP) is 1.50. The molecule has 0 unspecified atom stereocenters. The maximum Gasteiger partial charge on any atom is 0.258 e. The van der Waals surface area contributed by atoms with Crippen molar-refractivity contribution in [1.82, 2.24) is 18.8 Å². The molecule has 2 rings (SSSR count). The fourth-order valence-corrected chi connectivity index (χ4v) is 2.55. The molecular formula is C12H17N5OS. The third-order valence-electron chi connectivity index (χ3n) is 2.95. The summed E-state index contributed by atoms with van der Waals surface area (Å²) in [6.45, 7) is 2.32. The van der Waals surface area contributed by atoms with E-state index in [0.29, 0.717) is 12.1 Å². The van der Waals surface area contributed by atoms with Crippen LogP contribution < -0.4 is 5.32 Å². The van der Waals surface area contributed by atoms with Crippen LogP contribution in [0.3, 0.4) is 0 Å². The van der Waals surface area contributed by atoms with Gasteiger partial charge in [-0.1, -0.05) is 0 Å². The van der Waals surface area contributed by atoms with Crippen LogP contribution in [0.25, 0.3) is 0 Å². The number of carbonyl (C=O) groups excluding carboxylic acids is 1. The number of hydrogen-bond acceptors (Lipinski definition) is 5. The minimum Gasteiger partial charge on any atom is -0.378 e. The molecule has 0 aliphatic rings. The van der Waals surface area contributed by atoms with Crippen molar-refractivity contribution < 1.29 is 4.79 Å². The van der Waals surface area contributed by atoms with Crippen molar-refractivity contribution in [3.05, 3.63) is 29.5 Å². The van der Waals surface area contributed by atoms with Gasteiger partial charge in [0.1, 0.15) is 10.8 Å². The van der Waals surface area contributed by atoms with Gasteiger partial charge in [0.15, 0.2) is 0 Å². The third kappa shape index (κ3) is 2.60. The number of hydrogen-bond donors (Lipinski definition) is 1. The lowest BCUT2D eigenvalue weighted by Crippen LogP contribution is -2.28. The molecule has 102 valence electrons. The maximum atomic E-state index is 12.5. The standard InChI is InChI=1S/C12H17N5OS/c1-8-10(11(13-2)19-15-8)12(18)17(4)7-9-14-5-6-16(9)3/h5-6,13H,7H2,1-4H3. The first kappa shape index (κ1) is 13.5. The zero-order chi connectivity index (χ0) is 14.0. The molecule has 2 aromatic rings. The Hall–Kier alpha value is -1.89. The van der Waals surface area contributed by atoms with E-state index in [9.17, 15) is 4.79 Å². The zero-order valence-electron chi connectivity index (χ0n) is 11.5. The molecule has 0 saturated heterocycles. The molecule has 1 amide bonds. The highest BCUT2D eigenvalue weighted by atomic mass is 32.1. The van der Waals surface area contributed by atoms with Gasteiger partial charge in [0.05, 0.1) is 17.8 Å². The summed E-state index contributed by atoms with van der Waals surface area (Å²) in [6, 6.07) is 0. The van der Waals surface area contributed by atoms with Crippen molar-refractivity contribution in [2.75, 3.05) is 19.4 Å². The quantitative estimate of drug-likeness (QED) is 0.921. The Kier molecular flexibility index (Phi) is 3.84. The molecule has 6 nitrogen and oxygen atoms in total. The normalized spacial score (nSPS) is 10.5. The van der Waals surface area contributed by atoms with Gasteiger partial charge in [-0.2, -0.15) is 4.37 Å². The SMILES string of the molecule is CNc1snc(C)c1C(=O)N(C)Cc1nccn1C. The number of carbonyl (C=O) groups is 1. The summed E-state index contributed by atoms with van der Waals surface area (Å²) in [7, 11) is 5.48. The molecule has 0 radical (unpaired) electrons. The van der Waals surface area contributed by atoms with Crippen LogP contribution in [0.5, 0.6) is 0 Å². The third-order valence-corrected chi connectivity index (χ3v) is 3.91. The minimum atomic E-state index is -0.0430. The molecule has 0 aliphatic carbocycles. The first-order valence-electron chi connectivity index (χ1n) is 5.90.